The summed E-state index contributed by atoms with van der Waals surface area (Å²) in [5.41, 5.74) is 3.48. The zero-order valence-electron chi connectivity index (χ0n) is 20.6. The molecular weight excluding hydrogens is 566 g/mol. The van der Waals surface area contributed by atoms with Gasteiger partial charge >= 0.3 is 0 Å². The molecule has 5 aromatic rings. The van der Waals surface area contributed by atoms with Gasteiger partial charge in [0.2, 0.25) is 5.91 Å². The van der Waals surface area contributed by atoms with Gasteiger partial charge in [-0.3, -0.25) is 9.48 Å². The van der Waals surface area contributed by atoms with Gasteiger partial charge in [-0.1, -0.05) is 36.4 Å². The van der Waals surface area contributed by atoms with Crippen LogP contribution in [0.2, 0.25) is 0 Å². The van der Waals surface area contributed by atoms with Crippen molar-refractivity contribution < 1.29 is 13.2 Å². The number of likely N-dealkylation sites (N-methyl/N-ethyl adjacent to an activating group) is 1. The predicted octanol–water partition coefficient (Wildman–Crippen LogP) is 5.15. The number of halogens is 1. The molecule has 3 aromatic heterocycles. The van der Waals surface area contributed by atoms with Crippen molar-refractivity contribution in [2.45, 2.75) is 23.2 Å². The van der Waals surface area contributed by atoms with Crippen molar-refractivity contribution in [3.8, 4) is 11.1 Å². The summed E-state index contributed by atoms with van der Waals surface area (Å²) >= 11 is 3.68. The molecule has 0 bridgehead atoms. The molecule has 4 heterocycles. The van der Waals surface area contributed by atoms with E-state index in [0.717, 1.165) is 22.0 Å². The predicted molar refractivity (Wildman–Crippen MR) is 150 cm³/mol. The average molecular weight is 588 g/mol. The van der Waals surface area contributed by atoms with Gasteiger partial charge in [-0.05, 0) is 58.6 Å². The first-order valence-electron chi connectivity index (χ1n) is 12.1. The van der Waals surface area contributed by atoms with Crippen LogP contribution in [-0.2, 0) is 27.3 Å². The zero-order valence-corrected chi connectivity index (χ0v) is 23.0. The van der Waals surface area contributed by atoms with Crippen molar-refractivity contribution >= 4 is 59.5 Å². The lowest BCUT2D eigenvalue weighted by atomic mass is 9.77. The van der Waals surface area contributed by atoms with E-state index in [1.165, 1.54) is 3.97 Å². The first-order valence-corrected chi connectivity index (χ1v) is 14.4. The lowest BCUT2D eigenvalue weighted by Gasteiger charge is -2.22. The molecule has 2 aromatic carbocycles. The van der Waals surface area contributed by atoms with Gasteiger partial charge in [0, 0.05) is 36.0 Å². The van der Waals surface area contributed by atoms with Crippen LogP contribution in [0.1, 0.15) is 18.4 Å². The number of hydrogen-bond donors (Lipinski definition) is 0. The third-order valence-electron chi connectivity index (χ3n) is 7.84. The summed E-state index contributed by atoms with van der Waals surface area (Å²) in [6.07, 6.45) is 8.58. The Labute approximate surface area is 227 Å². The molecule has 1 spiro atoms. The van der Waals surface area contributed by atoms with Gasteiger partial charge in [0.05, 0.1) is 33.9 Å². The summed E-state index contributed by atoms with van der Waals surface area (Å²) in [6.45, 7) is 0. The maximum atomic E-state index is 14.1. The Hall–Kier alpha value is -3.76. The SMILES string of the molecule is CN1C(=O)C2(CC=CC2)c2c1cnc1c2c(-c2ccc3c(cnn3C)c2)c(Br)n1S(=O)(=O)c1ccccc1. The highest BCUT2D eigenvalue weighted by atomic mass is 79.9. The number of aromatic nitrogens is 4. The average Bonchev–Trinajstić information content (AvgIpc) is 3.67. The number of anilines is 1. The molecule has 0 radical (unpaired) electrons. The molecule has 1 amide bonds. The Bertz CT molecular complexity index is 1950. The van der Waals surface area contributed by atoms with Crippen LogP contribution in [0.15, 0.2) is 82.6 Å². The fraction of sp³-hybridized carbons (Fsp3) is 0.179. The van der Waals surface area contributed by atoms with Gasteiger partial charge < -0.3 is 4.90 Å². The highest BCUT2D eigenvalue weighted by Gasteiger charge is 2.52. The fourth-order valence-electron chi connectivity index (χ4n) is 5.99. The lowest BCUT2D eigenvalue weighted by molar-refractivity contribution is -0.122. The van der Waals surface area contributed by atoms with Gasteiger partial charge in [-0.2, -0.15) is 5.10 Å². The molecule has 0 saturated heterocycles. The number of nitrogens with zero attached hydrogens (tertiary/aromatic N) is 5. The lowest BCUT2D eigenvalue weighted by Crippen LogP contribution is -2.36. The van der Waals surface area contributed by atoms with Gasteiger partial charge in [0.15, 0.2) is 5.65 Å². The van der Waals surface area contributed by atoms with Crippen LogP contribution in [0, 0.1) is 0 Å². The van der Waals surface area contributed by atoms with E-state index in [1.807, 2.05) is 37.4 Å². The monoisotopic (exact) mass is 587 g/mol. The molecule has 2 aliphatic rings. The molecule has 0 unspecified atom stereocenters. The Morgan fingerprint density at radius 3 is 2.47 bits per heavy atom. The minimum Gasteiger partial charge on any atom is -0.313 e. The van der Waals surface area contributed by atoms with Crippen LogP contribution >= 0.6 is 15.9 Å². The van der Waals surface area contributed by atoms with Crippen molar-refractivity contribution in [3.63, 3.8) is 0 Å². The Balaban J connectivity index is 1.64. The summed E-state index contributed by atoms with van der Waals surface area (Å²) in [5.74, 6) is -0.00440. The smallest absolute Gasteiger partial charge is 0.270 e. The standard InChI is InChI=1S/C28H22BrN5O3S/c1-32-21-16-30-26-23(24(21)28(27(32)35)12-6-7-13-28)22(17-10-11-20-18(14-17)15-31-33(20)2)25(29)34(26)38(36,37)19-8-4-3-5-9-19/h3-11,14-16H,12-13H2,1-2H3. The van der Waals surface area contributed by atoms with Gasteiger partial charge in [-0.25, -0.2) is 17.4 Å². The summed E-state index contributed by atoms with van der Waals surface area (Å²) in [7, 11) is -0.385. The molecule has 8 nitrogen and oxygen atoms in total. The fourth-order valence-corrected chi connectivity index (χ4v) is 8.53. The second-order valence-electron chi connectivity index (χ2n) is 9.83. The first-order chi connectivity index (χ1) is 18.3. The third kappa shape index (κ3) is 2.90. The molecule has 190 valence electrons. The van der Waals surface area contributed by atoms with E-state index in [9.17, 15) is 13.2 Å². The molecule has 1 aliphatic heterocycles. The number of amides is 1. The molecule has 0 atom stereocenters. The number of carbonyl (C=O) groups excluding carboxylic acids is 1. The van der Waals surface area contributed by atoms with E-state index >= 15 is 0 Å². The molecule has 0 saturated carbocycles. The Morgan fingerprint density at radius 2 is 1.74 bits per heavy atom. The molecule has 0 fully saturated rings. The van der Waals surface area contributed by atoms with Crippen LogP contribution in [0.5, 0.6) is 0 Å². The number of benzene rings is 2. The summed E-state index contributed by atoms with van der Waals surface area (Å²) in [6, 6.07) is 14.2. The summed E-state index contributed by atoms with van der Waals surface area (Å²) < 4.78 is 31.5. The Morgan fingerprint density at radius 1 is 1.00 bits per heavy atom. The second-order valence-corrected chi connectivity index (χ2v) is 12.4. The number of hydrogen-bond acceptors (Lipinski definition) is 5. The highest BCUT2D eigenvalue weighted by Crippen LogP contribution is 2.54. The van der Waals surface area contributed by atoms with E-state index in [-0.39, 0.29) is 16.4 Å². The van der Waals surface area contributed by atoms with Crippen LogP contribution in [0.4, 0.5) is 5.69 Å². The third-order valence-corrected chi connectivity index (χ3v) is 10.5. The summed E-state index contributed by atoms with van der Waals surface area (Å²) in [4.78, 5) is 20.2. The number of allylic oxidation sites excluding steroid dienone is 2. The molecule has 1 aliphatic carbocycles. The molecule has 7 rings (SSSR count). The molecular formula is C28H22BrN5O3S. The Kier molecular flexibility index (Phi) is 4.84. The van der Waals surface area contributed by atoms with E-state index in [2.05, 4.69) is 26.0 Å². The van der Waals surface area contributed by atoms with E-state index < -0.39 is 15.4 Å². The topological polar surface area (TPSA) is 90.1 Å². The van der Waals surface area contributed by atoms with Crippen molar-refractivity contribution in [3.05, 3.63) is 83.2 Å². The zero-order chi connectivity index (χ0) is 26.4. The summed E-state index contributed by atoms with van der Waals surface area (Å²) in [5, 5.41) is 5.96. The van der Waals surface area contributed by atoms with E-state index in [0.29, 0.717) is 34.1 Å². The minimum atomic E-state index is -4.02. The molecule has 38 heavy (non-hydrogen) atoms. The van der Waals surface area contributed by atoms with Crippen molar-refractivity contribution in [2.75, 3.05) is 11.9 Å². The van der Waals surface area contributed by atoms with Crippen LogP contribution in [0.25, 0.3) is 33.1 Å². The highest BCUT2D eigenvalue weighted by molar-refractivity contribution is 9.10. The van der Waals surface area contributed by atoms with Gasteiger partial charge in [0.1, 0.15) is 4.60 Å². The quantitative estimate of drug-likeness (QED) is 0.272. The normalized spacial score (nSPS) is 16.4. The number of aryl methyl sites for hydroxylation is 1. The van der Waals surface area contributed by atoms with Crippen molar-refractivity contribution in [1.82, 2.24) is 18.7 Å². The molecule has 10 heteroatoms. The minimum absolute atomic E-state index is 0.00440. The largest absolute Gasteiger partial charge is 0.313 e. The van der Waals surface area contributed by atoms with Gasteiger partial charge in [0.25, 0.3) is 10.0 Å². The number of fused-ring (bicyclic) bond motifs is 5. The number of pyridine rings is 1. The van der Waals surface area contributed by atoms with Crippen LogP contribution < -0.4 is 4.90 Å². The first kappa shape index (κ1) is 23.4. The molecule has 0 N–H and O–H groups in total. The van der Waals surface area contributed by atoms with E-state index in [1.54, 1.807) is 59.4 Å². The van der Waals surface area contributed by atoms with Crippen molar-refractivity contribution in [1.29, 1.82) is 0 Å². The maximum absolute atomic E-state index is 14.1. The number of rotatable bonds is 3. The maximum Gasteiger partial charge on any atom is 0.270 e. The van der Waals surface area contributed by atoms with E-state index in [4.69, 9.17) is 0 Å². The van der Waals surface area contributed by atoms with Crippen molar-refractivity contribution in [2.24, 2.45) is 7.05 Å². The van der Waals surface area contributed by atoms with Gasteiger partial charge in [-0.15, -0.1) is 0 Å². The second kappa shape index (κ2) is 7.87. The van der Waals surface area contributed by atoms with Crippen LogP contribution in [-0.4, -0.2) is 40.1 Å². The van der Waals surface area contributed by atoms with Crippen LogP contribution in [0.3, 0.4) is 0 Å². The number of carbonyl (C=O) groups is 1.